The molecular weight excluding hydrogens is 240 g/mol. The molecule has 2 aliphatic rings. The summed E-state index contributed by atoms with van der Waals surface area (Å²) in [6, 6.07) is 0.740. The molecule has 1 aromatic rings. The summed E-state index contributed by atoms with van der Waals surface area (Å²) in [7, 11) is 0. The van der Waals surface area contributed by atoms with Crippen LogP contribution in [0.25, 0.3) is 0 Å². The molecule has 0 radical (unpaired) electrons. The van der Waals surface area contributed by atoms with E-state index in [1.807, 2.05) is 5.38 Å². The molecule has 1 aliphatic carbocycles. The molecule has 2 fully saturated rings. The monoisotopic (exact) mass is 256 g/mol. The lowest BCUT2D eigenvalue weighted by molar-refractivity contribution is 0.243. The second-order valence-corrected chi connectivity index (χ2v) is 6.12. The third kappa shape index (κ3) is 1.95. The predicted molar refractivity (Wildman–Crippen MR) is 69.5 cm³/mol. The third-order valence-electron chi connectivity index (χ3n) is 3.95. The van der Waals surface area contributed by atoms with Crippen LogP contribution in [0.5, 0.6) is 0 Å². The van der Waals surface area contributed by atoms with E-state index in [4.69, 9.17) is 11.6 Å². The molecule has 1 saturated carbocycles. The number of nitrogens with zero attached hydrogens (tertiary/aromatic N) is 2. The molecule has 4 heteroatoms. The standard InChI is InChI=1S/C12H17ClN2S/c13-11-8-16-12(14-11)15-7-3-5-9-4-1-2-6-10(9)15/h8-10H,1-7H2/t9-,10-/m1/s1. The number of anilines is 1. The molecule has 1 saturated heterocycles. The number of hydrogen-bond donors (Lipinski definition) is 0. The van der Waals surface area contributed by atoms with Crippen molar-refractivity contribution in [1.29, 1.82) is 0 Å². The van der Waals surface area contributed by atoms with Crippen molar-refractivity contribution in [3.63, 3.8) is 0 Å². The predicted octanol–water partition coefficient (Wildman–Crippen LogP) is 3.96. The number of hydrogen-bond acceptors (Lipinski definition) is 3. The van der Waals surface area contributed by atoms with Crippen LogP contribution in [-0.4, -0.2) is 17.6 Å². The normalized spacial score (nSPS) is 30.2. The van der Waals surface area contributed by atoms with Gasteiger partial charge in [-0.15, -0.1) is 11.3 Å². The van der Waals surface area contributed by atoms with Crippen LogP contribution in [0.15, 0.2) is 5.38 Å². The van der Waals surface area contributed by atoms with Gasteiger partial charge in [0.25, 0.3) is 0 Å². The molecule has 2 nitrogen and oxygen atoms in total. The Kier molecular flexibility index (Phi) is 3.07. The first-order valence-electron chi connectivity index (χ1n) is 6.22. The van der Waals surface area contributed by atoms with Gasteiger partial charge in [-0.3, -0.25) is 0 Å². The quantitative estimate of drug-likeness (QED) is 0.756. The highest BCUT2D eigenvalue weighted by Crippen LogP contribution is 2.38. The Hall–Kier alpha value is -0.280. The van der Waals surface area contributed by atoms with Crippen molar-refractivity contribution in [2.75, 3.05) is 11.4 Å². The molecule has 0 spiro atoms. The molecule has 0 aromatic carbocycles. The summed E-state index contributed by atoms with van der Waals surface area (Å²) < 4.78 is 0. The van der Waals surface area contributed by atoms with Crippen molar-refractivity contribution in [2.45, 2.75) is 44.6 Å². The zero-order valence-electron chi connectivity index (χ0n) is 9.36. The Morgan fingerprint density at radius 3 is 2.88 bits per heavy atom. The molecule has 1 aromatic heterocycles. The second kappa shape index (κ2) is 4.53. The van der Waals surface area contributed by atoms with Crippen LogP contribution in [0, 0.1) is 5.92 Å². The molecule has 2 atom stereocenters. The molecule has 0 amide bonds. The van der Waals surface area contributed by atoms with Crippen molar-refractivity contribution in [3.8, 4) is 0 Å². The molecule has 0 bridgehead atoms. The first kappa shape index (κ1) is 10.8. The Morgan fingerprint density at radius 2 is 2.06 bits per heavy atom. The van der Waals surface area contributed by atoms with E-state index in [2.05, 4.69) is 9.88 Å². The van der Waals surface area contributed by atoms with Gasteiger partial charge in [0.15, 0.2) is 5.13 Å². The van der Waals surface area contributed by atoms with Crippen LogP contribution in [0.1, 0.15) is 38.5 Å². The Labute approximate surface area is 106 Å². The van der Waals surface area contributed by atoms with Crippen LogP contribution < -0.4 is 4.90 Å². The Balaban J connectivity index is 1.82. The van der Waals surface area contributed by atoms with E-state index in [1.165, 1.54) is 45.1 Å². The zero-order valence-corrected chi connectivity index (χ0v) is 10.9. The number of piperidine rings is 1. The number of halogens is 1. The fourth-order valence-electron chi connectivity index (χ4n) is 3.24. The van der Waals surface area contributed by atoms with Gasteiger partial charge in [-0.2, -0.15) is 0 Å². The lowest BCUT2D eigenvalue weighted by atomic mass is 9.78. The number of rotatable bonds is 1. The highest BCUT2D eigenvalue weighted by molar-refractivity contribution is 7.14. The van der Waals surface area contributed by atoms with Crippen molar-refractivity contribution < 1.29 is 0 Å². The van der Waals surface area contributed by atoms with Crippen LogP contribution in [0.4, 0.5) is 5.13 Å². The molecule has 3 rings (SSSR count). The molecular formula is C12H17ClN2S. The fraction of sp³-hybridized carbons (Fsp3) is 0.750. The van der Waals surface area contributed by atoms with E-state index in [0.29, 0.717) is 5.15 Å². The van der Waals surface area contributed by atoms with Crippen molar-refractivity contribution in [3.05, 3.63) is 10.5 Å². The van der Waals surface area contributed by atoms with E-state index in [-0.39, 0.29) is 0 Å². The summed E-state index contributed by atoms with van der Waals surface area (Å²) in [5.74, 6) is 0.908. The van der Waals surface area contributed by atoms with Gasteiger partial charge in [0.05, 0.1) is 0 Å². The van der Waals surface area contributed by atoms with Crippen LogP contribution >= 0.6 is 22.9 Å². The van der Waals surface area contributed by atoms with Gasteiger partial charge in [-0.25, -0.2) is 4.98 Å². The fourth-order valence-corrected chi connectivity index (χ4v) is 4.27. The van der Waals surface area contributed by atoms with Gasteiger partial charge in [0.1, 0.15) is 5.15 Å². The zero-order chi connectivity index (χ0) is 11.0. The van der Waals surface area contributed by atoms with E-state index in [9.17, 15) is 0 Å². The summed E-state index contributed by atoms with van der Waals surface area (Å²) >= 11 is 7.62. The minimum absolute atomic E-state index is 0.651. The van der Waals surface area contributed by atoms with Crippen molar-refractivity contribution >= 4 is 28.1 Å². The highest BCUT2D eigenvalue weighted by atomic mass is 35.5. The SMILES string of the molecule is Clc1csc(N2CCC[C@H]3CCCC[C@H]32)n1. The molecule has 0 N–H and O–H groups in total. The van der Waals surface area contributed by atoms with Gasteiger partial charge in [-0.05, 0) is 31.6 Å². The maximum absolute atomic E-state index is 5.93. The minimum atomic E-state index is 0.651. The highest BCUT2D eigenvalue weighted by Gasteiger charge is 2.34. The first-order chi connectivity index (χ1) is 7.84. The van der Waals surface area contributed by atoms with E-state index < -0.39 is 0 Å². The van der Waals surface area contributed by atoms with Gasteiger partial charge in [0, 0.05) is 18.0 Å². The van der Waals surface area contributed by atoms with E-state index in [0.717, 1.165) is 17.1 Å². The summed E-state index contributed by atoms with van der Waals surface area (Å²) in [4.78, 5) is 6.95. The van der Waals surface area contributed by atoms with Crippen LogP contribution in [0.3, 0.4) is 0 Å². The van der Waals surface area contributed by atoms with Crippen LogP contribution in [-0.2, 0) is 0 Å². The van der Waals surface area contributed by atoms with Gasteiger partial charge >= 0.3 is 0 Å². The number of thiazole rings is 1. The number of aromatic nitrogens is 1. The van der Waals surface area contributed by atoms with Gasteiger partial charge < -0.3 is 4.90 Å². The minimum Gasteiger partial charge on any atom is -0.345 e. The largest absolute Gasteiger partial charge is 0.345 e. The summed E-state index contributed by atoms with van der Waals surface area (Å²) in [6.07, 6.45) is 8.31. The third-order valence-corrected chi connectivity index (χ3v) is 5.15. The topological polar surface area (TPSA) is 16.1 Å². The van der Waals surface area contributed by atoms with E-state index >= 15 is 0 Å². The van der Waals surface area contributed by atoms with E-state index in [1.54, 1.807) is 11.3 Å². The van der Waals surface area contributed by atoms with Crippen molar-refractivity contribution in [1.82, 2.24) is 4.98 Å². The Morgan fingerprint density at radius 1 is 1.25 bits per heavy atom. The molecule has 1 aliphatic heterocycles. The molecule has 2 heterocycles. The molecule has 88 valence electrons. The van der Waals surface area contributed by atoms with Crippen molar-refractivity contribution in [2.24, 2.45) is 5.92 Å². The molecule has 16 heavy (non-hydrogen) atoms. The lowest BCUT2D eigenvalue weighted by Gasteiger charge is -2.44. The van der Waals surface area contributed by atoms with Gasteiger partial charge in [-0.1, -0.05) is 24.4 Å². The van der Waals surface area contributed by atoms with Gasteiger partial charge in [0.2, 0.25) is 0 Å². The lowest BCUT2D eigenvalue weighted by Crippen LogP contribution is -2.46. The summed E-state index contributed by atoms with van der Waals surface area (Å²) in [6.45, 7) is 1.17. The Bertz CT molecular complexity index is 364. The molecule has 0 unspecified atom stereocenters. The maximum atomic E-state index is 5.93. The number of fused-ring (bicyclic) bond motifs is 1. The summed E-state index contributed by atoms with van der Waals surface area (Å²) in [5.41, 5.74) is 0. The summed E-state index contributed by atoms with van der Waals surface area (Å²) in [5, 5.41) is 3.74. The second-order valence-electron chi connectivity index (χ2n) is 4.90. The first-order valence-corrected chi connectivity index (χ1v) is 7.48. The average molecular weight is 257 g/mol. The smallest absolute Gasteiger partial charge is 0.187 e. The average Bonchev–Trinajstić information content (AvgIpc) is 2.75. The van der Waals surface area contributed by atoms with Crippen LogP contribution in [0.2, 0.25) is 5.15 Å². The maximum Gasteiger partial charge on any atom is 0.187 e.